The van der Waals surface area contributed by atoms with Gasteiger partial charge in [-0.25, -0.2) is 0 Å². The molecule has 0 radical (unpaired) electrons. The molecule has 0 saturated carbocycles. The second-order valence-corrected chi connectivity index (χ2v) is 5.38. The van der Waals surface area contributed by atoms with Crippen molar-refractivity contribution in [1.29, 1.82) is 0 Å². The van der Waals surface area contributed by atoms with E-state index in [2.05, 4.69) is 13.0 Å². The number of anilines is 2. The van der Waals surface area contributed by atoms with Gasteiger partial charge in [-0.3, -0.25) is 4.79 Å². The Labute approximate surface area is 124 Å². The molecule has 0 saturated heterocycles. The van der Waals surface area contributed by atoms with Gasteiger partial charge in [-0.2, -0.15) is 0 Å². The highest BCUT2D eigenvalue weighted by atomic mass is 16.2. The van der Waals surface area contributed by atoms with Crippen LogP contribution in [-0.2, 0) is 0 Å². The molecule has 0 atom stereocenters. The van der Waals surface area contributed by atoms with Crippen LogP contribution in [0, 0.1) is 0 Å². The van der Waals surface area contributed by atoms with E-state index in [0.29, 0.717) is 17.8 Å². The zero-order chi connectivity index (χ0) is 14.8. The quantitative estimate of drug-likeness (QED) is 0.808. The first kappa shape index (κ1) is 13.4. The van der Waals surface area contributed by atoms with Crippen LogP contribution in [0.5, 0.6) is 0 Å². The van der Waals surface area contributed by atoms with Crippen molar-refractivity contribution < 1.29 is 4.79 Å². The minimum absolute atomic E-state index is 0.0190. The minimum Gasteiger partial charge on any atom is -0.399 e. The molecule has 3 nitrogen and oxygen atoms in total. The van der Waals surface area contributed by atoms with E-state index in [0.717, 1.165) is 17.7 Å². The fourth-order valence-electron chi connectivity index (χ4n) is 2.59. The Bertz CT molecular complexity index is 701. The molecule has 21 heavy (non-hydrogen) atoms. The number of rotatable bonds is 1. The Kier molecular flexibility index (Phi) is 3.48. The molecule has 2 aromatic rings. The Morgan fingerprint density at radius 3 is 2.57 bits per heavy atom. The van der Waals surface area contributed by atoms with E-state index in [9.17, 15) is 4.79 Å². The molecule has 3 heteroatoms. The highest BCUT2D eigenvalue weighted by Crippen LogP contribution is 2.28. The highest BCUT2D eigenvalue weighted by Gasteiger charge is 2.21. The molecule has 0 fully saturated rings. The van der Waals surface area contributed by atoms with Crippen molar-refractivity contribution in [1.82, 2.24) is 0 Å². The summed E-state index contributed by atoms with van der Waals surface area (Å²) >= 11 is 0. The molecule has 1 amide bonds. The SMILES string of the molecule is CC1=Cc2ccccc2N(C(=O)c2ccc(N)cc2)CC1. The summed E-state index contributed by atoms with van der Waals surface area (Å²) in [6.45, 7) is 2.80. The van der Waals surface area contributed by atoms with Crippen LogP contribution in [0.25, 0.3) is 6.08 Å². The summed E-state index contributed by atoms with van der Waals surface area (Å²) in [6.07, 6.45) is 3.04. The van der Waals surface area contributed by atoms with Crippen LogP contribution in [0.15, 0.2) is 54.1 Å². The number of nitrogens with zero attached hydrogens (tertiary/aromatic N) is 1. The lowest BCUT2D eigenvalue weighted by molar-refractivity contribution is 0.0987. The van der Waals surface area contributed by atoms with E-state index in [1.165, 1.54) is 5.57 Å². The molecule has 106 valence electrons. The second kappa shape index (κ2) is 5.44. The minimum atomic E-state index is 0.0190. The van der Waals surface area contributed by atoms with Crippen molar-refractivity contribution in [2.45, 2.75) is 13.3 Å². The number of fused-ring (bicyclic) bond motifs is 1. The van der Waals surface area contributed by atoms with Gasteiger partial charge in [0.05, 0.1) is 5.69 Å². The third-order valence-electron chi connectivity index (χ3n) is 3.76. The molecule has 3 rings (SSSR count). The standard InChI is InChI=1S/C18H18N2O/c1-13-10-11-20(17-5-3-2-4-15(17)12-13)18(21)14-6-8-16(19)9-7-14/h2-9,12H,10-11,19H2,1H3. The lowest BCUT2D eigenvalue weighted by Gasteiger charge is -2.23. The van der Waals surface area contributed by atoms with Crippen molar-refractivity contribution in [2.75, 3.05) is 17.2 Å². The molecular formula is C18H18N2O. The molecule has 2 N–H and O–H groups in total. The Hall–Kier alpha value is -2.55. The molecular weight excluding hydrogens is 260 g/mol. The molecule has 0 bridgehead atoms. The van der Waals surface area contributed by atoms with E-state index >= 15 is 0 Å². The maximum Gasteiger partial charge on any atom is 0.258 e. The number of nitrogen functional groups attached to an aromatic ring is 1. The van der Waals surface area contributed by atoms with Crippen molar-refractivity contribution in [3.63, 3.8) is 0 Å². The monoisotopic (exact) mass is 278 g/mol. The van der Waals surface area contributed by atoms with Gasteiger partial charge in [0.25, 0.3) is 5.91 Å². The van der Waals surface area contributed by atoms with Gasteiger partial charge in [0.2, 0.25) is 0 Å². The number of carbonyl (C=O) groups is 1. The molecule has 2 aromatic carbocycles. The van der Waals surface area contributed by atoms with Crippen LogP contribution in [0.2, 0.25) is 0 Å². The van der Waals surface area contributed by atoms with E-state index in [-0.39, 0.29) is 5.91 Å². The summed E-state index contributed by atoms with van der Waals surface area (Å²) in [6, 6.07) is 15.1. The average Bonchev–Trinajstić information content (AvgIpc) is 2.65. The van der Waals surface area contributed by atoms with E-state index < -0.39 is 0 Å². The summed E-state index contributed by atoms with van der Waals surface area (Å²) in [5.74, 6) is 0.0190. The van der Waals surface area contributed by atoms with Gasteiger partial charge in [0.15, 0.2) is 0 Å². The van der Waals surface area contributed by atoms with Crippen molar-refractivity contribution in [3.05, 3.63) is 65.2 Å². The second-order valence-electron chi connectivity index (χ2n) is 5.38. The smallest absolute Gasteiger partial charge is 0.258 e. The zero-order valence-corrected chi connectivity index (χ0v) is 12.0. The first-order chi connectivity index (χ1) is 10.1. The van der Waals surface area contributed by atoms with Crippen molar-refractivity contribution >= 4 is 23.4 Å². The Morgan fingerprint density at radius 1 is 1.10 bits per heavy atom. The van der Waals surface area contributed by atoms with Crippen LogP contribution in [-0.4, -0.2) is 12.5 Å². The van der Waals surface area contributed by atoms with Crippen LogP contribution in [0.4, 0.5) is 11.4 Å². The summed E-state index contributed by atoms with van der Waals surface area (Å²) < 4.78 is 0. The largest absolute Gasteiger partial charge is 0.399 e. The summed E-state index contributed by atoms with van der Waals surface area (Å²) in [4.78, 5) is 14.7. The topological polar surface area (TPSA) is 46.3 Å². The zero-order valence-electron chi connectivity index (χ0n) is 12.0. The fraction of sp³-hybridized carbons (Fsp3) is 0.167. The molecule has 0 aliphatic carbocycles. The van der Waals surface area contributed by atoms with Crippen LogP contribution in [0.1, 0.15) is 29.3 Å². The number of hydrogen-bond donors (Lipinski definition) is 1. The predicted molar refractivity (Wildman–Crippen MR) is 87.2 cm³/mol. The fourth-order valence-corrected chi connectivity index (χ4v) is 2.59. The Balaban J connectivity index is 2.00. The van der Waals surface area contributed by atoms with Gasteiger partial charge in [0.1, 0.15) is 0 Å². The number of nitrogens with two attached hydrogens (primary N) is 1. The highest BCUT2D eigenvalue weighted by molar-refractivity contribution is 6.07. The van der Waals surface area contributed by atoms with Gasteiger partial charge in [-0.1, -0.05) is 29.8 Å². The Morgan fingerprint density at radius 2 is 1.81 bits per heavy atom. The number of benzene rings is 2. The third-order valence-corrected chi connectivity index (χ3v) is 3.76. The van der Waals surface area contributed by atoms with Gasteiger partial charge >= 0.3 is 0 Å². The molecule has 1 heterocycles. The van der Waals surface area contributed by atoms with Crippen molar-refractivity contribution in [2.24, 2.45) is 0 Å². The molecule has 0 unspecified atom stereocenters. The van der Waals surface area contributed by atoms with Gasteiger partial charge in [-0.05, 0) is 49.2 Å². The number of amides is 1. The molecule has 0 aromatic heterocycles. The van der Waals surface area contributed by atoms with Crippen molar-refractivity contribution in [3.8, 4) is 0 Å². The first-order valence-electron chi connectivity index (χ1n) is 7.09. The molecule has 0 spiro atoms. The molecule has 1 aliphatic rings. The summed E-state index contributed by atoms with van der Waals surface area (Å²) in [5, 5.41) is 0. The van der Waals surface area contributed by atoms with E-state index in [1.54, 1.807) is 24.3 Å². The normalized spacial score (nSPS) is 14.1. The van der Waals surface area contributed by atoms with Gasteiger partial charge < -0.3 is 10.6 Å². The van der Waals surface area contributed by atoms with Crippen LogP contribution < -0.4 is 10.6 Å². The van der Waals surface area contributed by atoms with Crippen LogP contribution in [0.3, 0.4) is 0 Å². The van der Waals surface area contributed by atoms with E-state index in [4.69, 9.17) is 5.73 Å². The van der Waals surface area contributed by atoms with Gasteiger partial charge in [0, 0.05) is 17.8 Å². The maximum absolute atomic E-state index is 12.8. The molecule has 1 aliphatic heterocycles. The summed E-state index contributed by atoms with van der Waals surface area (Å²) in [5.41, 5.74) is 10.4. The van der Waals surface area contributed by atoms with E-state index in [1.807, 2.05) is 29.2 Å². The van der Waals surface area contributed by atoms with Crippen LogP contribution >= 0.6 is 0 Å². The lowest BCUT2D eigenvalue weighted by atomic mass is 10.1. The van der Waals surface area contributed by atoms with Gasteiger partial charge in [-0.15, -0.1) is 0 Å². The first-order valence-corrected chi connectivity index (χ1v) is 7.09. The average molecular weight is 278 g/mol. The summed E-state index contributed by atoms with van der Waals surface area (Å²) in [7, 11) is 0. The number of hydrogen-bond acceptors (Lipinski definition) is 2. The maximum atomic E-state index is 12.8. The lowest BCUT2D eigenvalue weighted by Crippen LogP contribution is -2.32. The number of carbonyl (C=O) groups excluding carboxylic acids is 1. The predicted octanol–water partition coefficient (Wildman–Crippen LogP) is 3.72. The number of para-hydroxylation sites is 1. The third kappa shape index (κ3) is 2.68.